The molecule has 1 aliphatic heterocycles. The Morgan fingerprint density at radius 1 is 1.06 bits per heavy atom. The van der Waals surface area contributed by atoms with Crippen molar-refractivity contribution in [3.05, 3.63) is 83.8 Å². The average Bonchev–Trinajstić information content (AvgIpc) is 3.42. The molecule has 2 aromatic heterocycles. The molecule has 8 heteroatoms. The van der Waals surface area contributed by atoms with E-state index in [4.69, 9.17) is 14.5 Å². The normalized spacial score (nSPS) is 14.3. The number of fused-ring (bicyclic) bond motifs is 1. The van der Waals surface area contributed by atoms with Gasteiger partial charge in [-0.3, -0.25) is 4.79 Å². The Balaban J connectivity index is 1.30. The Morgan fingerprint density at radius 2 is 1.91 bits per heavy atom. The van der Waals surface area contributed by atoms with E-state index in [0.717, 1.165) is 41.1 Å². The monoisotopic (exact) mass is 439 g/mol. The molecule has 3 heterocycles. The molecule has 1 fully saturated rings. The van der Waals surface area contributed by atoms with Gasteiger partial charge in [-0.15, -0.1) is 0 Å². The van der Waals surface area contributed by atoms with Crippen LogP contribution in [0.4, 0.5) is 0 Å². The Hall–Kier alpha value is -4.20. The van der Waals surface area contributed by atoms with E-state index in [-0.39, 0.29) is 18.6 Å². The molecule has 2 aromatic carbocycles. The zero-order valence-corrected chi connectivity index (χ0v) is 17.8. The molecule has 6 rings (SSSR count). The first-order valence-electron chi connectivity index (χ1n) is 10.9. The quantitative estimate of drug-likeness (QED) is 0.491. The molecule has 0 radical (unpaired) electrons. The summed E-state index contributed by atoms with van der Waals surface area (Å²) in [6.07, 6.45) is 5.36. The molecule has 1 N–H and O–H groups in total. The van der Waals surface area contributed by atoms with Gasteiger partial charge in [0.1, 0.15) is 0 Å². The highest BCUT2D eigenvalue weighted by Crippen LogP contribution is 2.42. The number of ether oxygens (including phenoxy) is 2. The molecule has 2 aliphatic rings. The number of rotatable bonds is 6. The second kappa shape index (κ2) is 8.05. The Bertz CT molecular complexity index is 1330. The maximum absolute atomic E-state index is 13.0. The van der Waals surface area contributed by atoms with Crippen molar-refractivity contribution in [2.24, 2.45) is 0 Å². The van der Waals surface area contributed by atoms with E-state index < -0.39 is 0 Å². The molecule has 1 amide bonds. The molecule has 0 saturated heterocycles. The highest BCUT2D eigenvalue weighted by molar-refractivity contribution is 5.95. The van der Waals surface area contributed by atoms with Gasteiger partial charge in [0.2, 0.25) is 6.79 Å². The number of nitrogens with one attached hydrogen (secondary N) is 1. The molecule has 164 valence electrons. The minimum absolute atomic E-state index is 0.140. The first-order chi connectivity index (χ1) is 16.3. The fourth-order valence-corrected chi connectivity index (χ4v) is 3.98. The lowest BCUT2D eigenvalue weighted by Crippen LogP contribution is -2.23. The van der Waals surface area contributed by atoms with Crippen LogP contribution in [0.3, 0.4) is 0 Å². The molecule has 8 nitrogen and oxygen atoms in total. The van der Waals surface area contributed by atoms with E-state index in [1.165, 1.54) is 0 Å². The zero-order chi connectivity index (χ0) is 22.2. The number of nitrogens with zero attached hydrogens (tertiary/aromatic N) is 4. The Kier molecular flexibility index (Phi) is 4.75. The summed E-state index contributed by atoms with van der Waals surface area (Å²) in [5, 5.41) is 7.51. The van der Waals surface area contributed by atoms with E-state index >= 15 is 0 Å². The summed E-state index contributed by atoms with van der Waals surface area (Å²) >= 11 is 0. The third-order valence-electron chi connectivity index (χ3n) is 5.81. The number of carbonyl (C=O) groups excluding carboxylic acids is 1. The number of hydrogen-bond acceptors (Lipinski definition) is 6. The fourth-order valence-electron chi connectivity index (χ4n) is 3.98. The minimum atomic E-state index is -0.140. The SMILES string of the molecule is O=C(NCc1ccccc1)c1cnn(-c2nccc(-c3ccc4c(c3)OCO4)n2)c1C1CC1. The lowest BCUT2D eigenvalue weighted by Gasteiger charge is -2.10. The van der Waals surface area contributed by atoms with Crippen molar-refractivity contribution in [3.63, 3.8) is 0 Å². The van der Waals surface area contributed by atoms with Crippen LogP contribution in [0.25, 0.3) is 17.2 Å². The summed E-state index contributed by atoms with van der Waals surface area (Å²) < 4.78 is 12.6. The molecular weight excluding hydrogens is 418 g/mol. The highest BCUT2D eigenvalue weighted by Gasteiger charge is 2.33. The van der Waals surface area contributed by atoms with Gasteiger partial charge in [-0.05, 0) is 42.7 Å². The number of aromatic nitrogens is 4. The number of hydrogen-bond donors (Lipinski definition) is 1. The van der Waals surface area contributed by atoms with E-state index in [2.05, 4.69) is 15.4 Å². The second-order valence-corrected chi connectivity index (χ2v) is 8.11. The molecule has 4 aromatic rings. The van der Waals surface area contributed by atoms with Gasteiger partial charge in [0.15, 0.2) is 11.5 Å². The maximum atomic E-state index is 13.0. The van der Waals surface area contributed by atoms with Gasteiger partial charge < -0.3 is 14.8 Å². The number of benzene rings is 2. The summed E-state index contributed by atoms with van der Waals surface area (Å²) in [6, 6.07) is 17.4. The number of carbonyl (C=O) groups is 1. The van der Waals surface area contributed by atoms with Gasteiger partial charge in [-0.1, -0.05) is 30.3 Å². The first kappa shape index (κ1) is 19.5. The van der Waals surface area contributed by atoms with Crippen LogP contribution in [0.2, 0.25) is 0 Å². The first-order valence-corrected chi connectivity index (χ1v) is 10.9. The van der Waals surface area contributed by atoms with Gasteiger partial charge in [0.05, 0.1) is 23.1 Å². The maximum Gasteiger partial charge on any atom is 0.255 e. The standard InChI is InChI=1S/C25H21N5O3/c31-24(27-13-16-4-2-1-3-5-16)19-14-28-30(23(19)17-6-7-17)25-26-11-10-20(29-25)18-8-9-21-22(12-18)33-15-32-21/h1-5,8-12,14,17H,6-7,13,15H2,(H,27,31). The van der Waals surface area contributed by atoms with E-state index in [9.17, 15) is 4.79 Å². The van der Waals surface area contributed by atoms with Crippen molar-refractivity contribution in [3.8, 4) is 28.7 Å². The molecule has 0 unspecified atom stereocenters. The Labute approximate surface area is 190 Å². The van der Waals surface area contributed by atoms with Crippen molar-refractivity contribution in [2.75, 3.05) is 6.79 Å². The highest BCUT2D eigenvalue weighted by atomic mass is 16.7. The predicted molar refractivity (Wildman–Crippen MR) is 120 cm³/mol. The van der Waals surface area contributed by atoms with Gasteiger partial charge in [-0.25, -0.2) is 14.6 Å². The van der Waals surface area contributed by atoms with E-state index in [1.54, 1.807) is 17.1 Å². The number of amides is 1. The van der Waals surface area contributed by atoms with Crippen LogP contribution in [-0.2, 0) is 6.54 Å². The van der Waals surface area contributed by atoms with Crippen LogP contribution < -0.4 is 14.8 Å². The third kappa shape index (κ3) is 3.80. The van der Waals surface area contributed by atoms with Crippen LogP contribution in [0.5, 0.6) is 11.5 Å². The topological polar surface area (TPSA) is 91.2 Å². The molecular formula is C25H21N5O3. The van der Waals surface area contributed by atoms with Crippen molar-refractivity contribution in [1.29, 1.82) is 0 Å². The summed E-state index contributed by atoms with van der Waals surface area (Å²) in [7, 11) is 0. The third-order valence-corrected chi connectivity index (χ3v) is 5.81. The molecule has 0 atom stereocenters. The Morgan fingerprint density at radius 3 is 2.76 bits per heavy atom. The van der Waals surface area contributed by atoms with Crippen molar-refractivity contribution in [2.45, 2.75) is 25.3 Å². The summed E-state index contributed by atoms with van der Waals surface area (Å²) in [5.74, 6) is 2.00. The smallest absolute Gasteiger partial charge is 0.255 e. The van der Waals surface area contributed by atoms with Gasteiger partial charge >= 0.3 is 0 Å². The lowest BCUT2D eigenvalue weighted by molar-refractivity contribution is 0.0950. The van der Waals surface area contributed by atoms with Crippen LogP contribution in [-0.4, -0.2) is 32.4 Å². The van der Waals surface area contributed by atoms with Crippen LogP contribution >= 0.6 is 0 Å². The van der Waals surface area contributed by atoms with Crippen LogP contribution in [0.15, 0.2) is 67.0 Å². The van der Waals surface area contributed by atoms with Gasteiger partial charge in [-0.2, -0.15) is 5.10 Å². The van der Waals surface area contributed by atoms with Gasteiger partial charge in [0.25, 0.3) is 11.9 Å². The predicted octanol–water partition coefficient (Wildman–Crippen LogP) is 3.87. The van der Waals surface area contributed by atoms with E-state index in [0.29, 0.717) is 23.8 Å². The van der Waals surface area contributed by atoms with Crippen LogP contribution in [0.1, 0.15) is 40.4 Å². The van der Waals surface area contributed by atoms with Gasteiger partial charge in [0, 0.05) is 24.2 Å². The summed E-state index contributed by atoms with van der Waals surface area (Å²) in [5.41, 5.74) is 4.12. The minimum Gasteiger partial charge on any atom is -0.454 e. The van der Waals surface area contributed by atoms with Crippen molar-refractivity contribution >= 4 is 5.91 Å². The van der Waals surface area contributed by atoms with Crippen molar-refractivity contribution in [1.82, 2.24) is 25.1 Å². The molecule has 0 bridgehead atoms. The largest absolute Gasteiger partial charge is 0.454 e. The van der Waals surface area contributed by atoms with E-state index in [1.807, 2.05) is 54.6 Å². The average molecular weight is 439 g/mol. The molecule has 1 aliphatic carbocycles. The van der Waals surface area contributed by atoms with Crippen LogP contribution in [0, 0.1) is 0 Å². The lowest BCUT2D eigenvalue weighted by atomic mass is 10.1. The molecule has 33 heavy (non-hydrogen) atoms. The zero-order valence-electron chi connectivity index (χ0n) is 17.8. The summed E-state index contributed by atoms with van der Waals surface area (Å²) in [4.78, 5) is 22.2. The summed E-state index contributed by atoms with van der Waals surface area (Å²) in [6.45, 7) is 0.687. The van der Waals surface area contributed by atoms with Crippen molar-refractivity contribution < 1.29 is 14.3 Å². The second-order valence-electron chi connectivity index (χ2n) is 8.11. The molecule has 0 spiro atoms. The molecule has 1 saturated carbocycles. The fraction of sp³-hybridized carbons (Fsp3) is 0.200.